The number of hydrogen-bond donors (Lipinski definition) is 1. The molecule has 1 aromatic carbocycles. The lowest BCUT2D eigenvalue weighted by Crippen LogP contribution is -2.42. The maximum absolute atomic E-state index is 13.3. The highest BCUT2D eigenvalue weighted by Gasteiger charge is 2.45. The molecule has 0 aliphatic heterocycles. The molecule has 3 aromatic rings. The van der Waals surface area contributed by atoms with Crippen molar-refractivity contribution in [3.8, 4) is 11.1 Å². The van der Waals surface area contributed by atoms with Crippen molar-refractivity contribution >= 4 is 11.6 Å². The van der Waals surface area contributed by atoms with Crippen molar-refractivity contribution in [2.24, 2.45) is 5.41 Å². The average molecular weight is 372 g/mol. The molecule has 0 fully saturated rings. The highest BCUT2D eigenvalue weighted by atomic mass is 35.5. The van der Waals surface area contributed by atoms with E-state index in [1.165, 1.54) is 18.5 Å². The molecule has 0 amide bonds. The Bertz CT molecular complexity index is 911. The van der Waals surface area contributed by atoms with Gasteiger partial charge in [0.1, 0.15) is 17.7 Å². The highest BCUT2D eigenvalue weighted by Crippen LogP contribution is 2.43. The zero-order valence-corrected chi connectivity index (χ0v) is 15.5. The lowest BCUT2D eigenvalue weighted by Gasteiger charge is -2.39. The minimum Gasteiger partial charge on any atom is -0.378 e. The summed E-state index contributed by atoms with van der Waals surface area (Å²) in [5, 5.41) is 11.8. The van der Waals surface area contributed by atoms with Crippen LogP contribution in [0.3, 0.4) is 0 Å². The number of aliphatic hydroxyl groups is 1. The van der Waals surface area contributed by atoms with E-state index in [1.807, 2.05) is 26.8 Å². The van der Waals surface area contributed by atoms with Crippen molar-refractivity contribution in [2.75, 3.05) is 0 Å². The topological polar surface area (TPSA) is 58.9 Å². The predicted octanol–water partition coefficient (Wildman–Crippen LogP) is 4.61. The van der Waals surface area contributed by atoms with Gasteiger partial charge in [0.2, 0.25) is 0 Å². The van der Waals surface area contributed by atoms with Gasteiger partial charge in [0.25, 0.3) is 0 Å². The smallest absolute Gasteiger partial charge is 0.139 e. The number of rotatable bonds is 3. The zero-order chi connectivity index (χ0) is 18.9. The van der Waals surface area contributed by atoms with Crippen LogP contribution in [0.1, 0.15) is 32.0 Å². The van der Waals surface area contributed by atoms with Gasteiger partial charge in [-0.1, -0.05) is 38.4 Å². The van der Waals surface area contributed by atoms with Gasteiger partial charge in [-0.05, 0) is 24.3 Å². The van der Waals surface area contributed by atoms with E-state index in [0.29, 0.717) is 21.8 Å². The Kier molecular flexibility index (Phi) is 4.78. The summed E-state index contributed by atoms with van der Waals surface area (Å²) < 4.78 is 13.3. The van der Waals surface area contributed by atoms with Crippen molar-refractivity contribution in [2.45, 2.75) is 26.4 Å². The summed E-state index contributed by atoms with van der Waals surface area (Å²) in [7, 11) is 0. The first-order chi connectivity index (χ1) is 12.2. The fourth-order valence-corrected chi connectivity index (χ4v) is 3.22. The monoisotopic (exact) mass is 371 g/mol. The summed E-state index contributed by atoms with van der Waals surface area (Å²) in [4.78, 5) is 12.5. The third-order valence-corrected chi connectivity index (χ3v) is 4.75. The van der Waals surface area contributed by atoms with Gasteiger partial charge in [0, 0.05) is 40.7 Å². The van der Waals surface area contributed by atoms with Gasteiger partial charge in [-0.2, -0.15) is 0 Å². The molecular weight excluding hydrogens is 353 g/mol. The summed E-state index contributed by atoms with van der Waals surface area (Å²) in [5.74, 6) is -0.394. The molecule has 2 heterocycles. The molecular formula is C20H19ClFN3O. The van der Waals surface area contributed by atoms with Crippen LogP contribution in [0.15, 0.2) is 55.2 Å². The van der Waals surface area contributed by atoms with E-state index in [4.69, 9.17) is 11.6 Å². The summed E-state index contributed by atoms with van der Waals surface area (Å²) in [6, 6.07) is 7.77. The van der Waals surface area contributed by atoms with Gasteiger partial charge in [-0.15, -0.1) is 0 Å². The standard InChI is InChI=1S/C20H19ClFN3O/c1-19(2,3)20(26,14-10-23-12-24-11-14)18-7-4-13(9-25-18)16-6-5-15(22)8-17(16)21/h4-12,26H,1-3H3. The number of halogens is 2. The predicted molar refractivity (Wildman–Crippen MR) is 99.1 cm³/mol. The first-order valence-corrected chi connectivity index (χ1v) is 8.51. The average Bonchev–Trinajstić information content (AvgIpc) is 2.61. The Morgan fingerprint density at radius 1 is 1.00 bits per heavy atom. The van der Waals surface area contributed by atoms with Crippen molar-refractivity contribution in [3.63, 3.8) is 0 Å². The van der Waals surface area contributed by atoms with Gasteiger partial charge in [0.15, 0.2) is 0 Å². The summed E-state index contributed by atoms with van der Waals surface area (Å²) in [5.41, 5.74) is 0.516. The van der Waals surface area contributed by atoms with E-state index >= 15 is 0 Å². The number of nitrogens with zero attached hydrogens (tertiary/aromatic N) is 3. The van der Waals surface area contributed by atoms with E-state index < -0.39 is 16.8 Å². The molecule has 0 aliphatic carbocycles. The second-order valence-corrected chi connectivity index (χ2v) is 7.55. The lowest BCUT2D eigenvalue weighted by atomic mass is 9.70. The molecule has 0 aliphatic rings. The summed E-state index contributed by atoms with van der Waals surface area (Å²) in [6.45, 7) is 5.77. The van der Waals surface area contributed by atoms with Crippen LogP contribution in [0, 0.1) is 11.2 Å². The third kappa shape index (κ3) is 3.20. The van der Waals surface area contributed by atoms with Crippen molar-refractivity contribution in [1.82, 2.24) is 15.0 Å². The molecule has 134 valence electrons. The molecule has 4 nitrogen and oxygen atoms in total. The van der Waals surface area contributed by atoms with Gasteiger partial charge in [0.05, 0.1) is 10.7 Å². The maximum atomic E-state index is 13.3. The van der Waals surface area contributed by atoms with E-state index in [2.05, 4.69) is 15.0 Å². The molecule has 1 unspecified atom stereocenters. The molecule has 0 saturated carbocycles. The maximum Gasteiger partial charge on any atom is 0.139 e. The van der Waals surface area contributed by atoms with Crippen molar-refractivity contribution in [1.29, 1.82) is 0 Å². The summed E-state index contributed by atoms with van der Waals surface area (Å²) >= 11 is 6.13. The molecule has 1 N–H and O–H groups in total. The molecule has 0 saturated heterocycles. The van der Waals surface area contributed by atoms with Gasteiger partial charge in [-0.25, -0.2) is 14.4 Å². The number of benzene rings is 1. The van der Waals surface area contributed by atoms with Gasteiger partial charge in [-0.3, -0.25) is 4.98 Å². The highest BCUT2D eigenvalue weighted by molar-refractivity contribution is 6.33. The van der Waals surface area contributed by atoms with Gasteiger partial charge >= 0.3 is 0 Å². The van der Waals surface area contributed by atoms with Crippen LogP contribution in [-0.4, -0.2) is 20.1 Å². The second-order valence-electron chi connectivity index (χ2n) is 7.14. The molecule has 0 bridgehead atoms. The summed E-state index contributed by atoms with van der Waals surface area (Å²) in [6.07, 6.45) is 6.21. The van der Waals surface area contributed by atoms with Crippen molar-refractivity contribution in [3.05, 3.63) is 77.3 Å². The normalized spacial score (nSPS) is 14.1. The Hall–Kier alpha value is -2.37. The largest absolute Gasteiger partial charge is 0.378 e. The van der Waals surface area contributed by atoms with E-state index in [1.54, 1.807) is 30.7 Å². The van der Waals surface area contributed by atoms with E-state index in [0.717, 1.165) is 5.56 Å². The molecule has 0 radical (unpaired) electrons. The minimum atomic E-state index is -1.38. The Morgan fingerprint density at radius 2 is 1.69 bits per heavy atom. The zero-order valence-electron chi connectivity index (χ0n) is 14.7. The van der Waals surface area contributed by atoms with E-state index in [9.17, 15) is 9.50 Å². The van der Waals surface area contributed by atoms with Crippen molar-refractivity contribution < 1.29 is 9.50 Å². The van der Waals surface area contributed by atoms with Gasteiger partial charge < -0.3 is 5.11 Å². The second kappa shape index (κ2) is 6.74. The molecule has 3 rings (SSSR count). The third-order valence-electron chi connectivity index (χ3n) is 4.44. The van der Waals surface area contributed by atoms with Crippen LogP contribution < -0.4 is 0 Å². The Labute approximate surface area is 156 Å². The molecule has 1 atom stereocenters. The lowest BCUT2D eigenvalue weighted by molar-refractivity contribution is -0.0301. The fourth-order valence-electron chi connectivity index (χ4n) is 2.94. The molecule has 6 heteroatoms. The first kappa shape index (κ1) is 18.4. The fraction of sp³-hybridized carbons (Fsp3) is 0.250. The van der Waals surface area contributed by atoms with Crippen LogP contribution in [0.5, 0.6) is 0 Å². The van der Waals surface area contributed by atoms with Crippen LogP contribution in [0.25, 0.3) is 11.1 Å². The molecule has 2 aromatic heterocycles. The van der Waals surface area contributed by atoms with Crippen LogP contribution in [0.2, 0.25) is 5.02 Å². The van der Waals surface area contributed by atoms with E-state index in [-0.39, 0.29) is 0 Å². The number of hydrogen-bond acceptors (Lipinski definition) is 4. The quantitative estimate of drug-likeness (QED) is 0.730. The van der Waals surface area contributed by atoms with Crippen LogP contribution in [-0.2, 0) is 5.60 Å². The Morgan fingerprint density at radius 3 is 2.23 bits per heavy atom. The first-order valence-electron chi connectivity index (χ1n) is 8.13. The number of aromatic nitrogens is 3. The van der Waals surface area contributed by atoms with Crippen LogP contribution >= 0.6 is 11.6 Å². The molecule has 0 spiro atoms. The Balaban J connectivity index is 2.08. The minimum absolute atomic E-state index is 0.307. The molecule has 26 heavy (non-hydrogen) atoms. The van der Waals surface area contributed by atoms with Crippen LogP contribution in [0.4, 0.5) is 4.39 Å². The SMILES string of the molecule is CC(C)(C)C(O)(c1cncnc1)c1ccc(-c2ccc(F)cc2Cl)cn1. The number of pyridine rings is 1.